The zero-order valence-electron chi connectivity index (χ0n) is 13.2. The molecule has 1 aromatic rings. The second-order valence-corrected chi connectivity index (χ2v) is 5.12. The number of hydrogen-bond acceptors (Lipinski definition) is 3. The van der Waals surface area contributed by atoms with Gasteiger partial charge in [-0.25, -0.2) is 0 Å². The number of hydrogen-bond donors (Lipinski definition) is 1. The van der Waals surface area contributed by atoms with Crippen LogP contribution in [0.5, 0.6) is 5.75 Å². The van der Waals surface area contributed by atoms with Crippen molar-refractivity contribution in [2.45, 2.75) is 46.0 Å². The van der Waals surface area contributed by atoms with Gasteiger partial charge >= 0.3 is 5.97 Å². The maximum absolute atomic E-state index is 10.8. The van der Waals surface area contributed by atoms with Crippen molar-refractivity contribution in [1.29, 1.82) is 0 Å². The van der Waals surface area contributed by atoms with Crippen LogP contribution in [0.15, 0.2) is 24.3 Å². The van der Waals surface area contributed by atoms with Crippen molar-refractivity contribution in [3.63, 3.8) is 0 Å². The van der Waals surface area contributed by atoms with E-state index in [1.807, 2.05) is 31.2 Å². The smallest absolute Gasteiger partial charge is 0.305 e. The molecule has 1 aromatic carbocycles. The highest BCUT2D eigenvalue weighted by atomic mass is 16.5. The first-order valence-corrected chi connectivity index (χ1v) is 7.87. The van der Waals surface area contributed by atoms with Crippen molar-refractivity contribution in [3.05, 3.63) is 24.3 Å². The van der Waals surface area contributed by atoms with Crippen molar-refractivity contribution in [2.75, 3.05) is 24.6 Å². The molecule has 1 rings (SSSR count). The standard InChI is InChI=1S/C17H27NO3/c1-3-5-6-7-13-18(14-12-17(19)20)15-8-10-16(11-9-15)21-4-2/h8-11H,3-7,12-14H2,1-2H3,(H,19,20). The van der Waals surface area contributed by atoms with Crippen LogP contribution in [0.1, 0.15) is 46.0 Å². The van der Waals surface area contributed by atoms with Crippen LogP contribution in [-0.2, 0) is 4.79 Å². The maximum atomic E-state index is 10.8. The zero-order chi connectivity index (χ0) is 15.5. The van der Waals surface area contributed by atoms with E-state index in [1.165, 1.54) is 19.3 Å². The summed E-state index contributed by atoms with van der Waals surface area (Å²) in [5.41, 5.74) is 1.07. The number of unbranched alkanes of at least 4 members (excludes halogenated alkanes) is 3. The normalized spacial score (nSPS) is 10.4. The number of aliphatic carboxylic acids is 1. The lowest BCUT2D eigenvalue weighted by Gasteiger charge is -2.24. The summed E-state index contributed by atoms with van der Waals surface area (Å²) in [6.07, 6.45) is 4.90. The highest BCUT2D eigenvalue weighted by Gasteiger charge is 2.09. The molecule has 1 N–H and O–H groups in total. The van der Waals surface area contributed by atoms with Gasteiger partial charge in [-0.1, -0.05) is 26.2 Å². The predicted octanol–water partition coefficient (Wildman–Crippen LogP) is 3.95. The fourth-order valence-corrected chi connectivity index (χ4v) is 2.25. The van der Waals surface area contributed by atoms with Gasteiger partial charge in [0.05, 0.1) is 13.0 Å². The molecule has 0 aromatic heterocycles. The van der Waals surface area contributed by atoms with Gasteiger partial charge in [0.2, 0.25) is 0 Å². The number of rotatable bonds is 11. The Morgan fingerprint density at radius 1 is 1.10 bits per heavy atom. The summed E-state index contributed by atoms with van der Waals surface area (Å²) < 4.78 is 5.44. The minimum absolute atomic E-state index is 0.168. The van der Waals surface area contributed by atoms with Crippen molar-refractivity contribution in [1.82, 2.24) is 0 Å². The molecule has 0 heterocycles. The minimum atomic E-state index is -0.750. The van der Waals surface area contributed by atoms with E-state index in [2.05, 4.69) is 11.8 Å². The monoisotopic (exact) mass is 293 g/mol. The van der Waals surface area contributed by atoms with E-state index < -0.39 is 5.97 Å². The van der Waals surface area contributed by atoms with E-state index in [0.717, 1.165) is 24.4 Å². The molecule has 118 valence electrons. The minimum Gasteiger partial charge on any atom is -0.494 e. The van der Waals surface area contributed by atoms with Crippen molar-refractivity contribution in [3.8, 4) is 5.75 Å². The van der Waals surface area contributed by atoms with E-state index in [1.54, 1.807) is 0 Å². The summed E-state index contributed by atoms with van der Waals surface area (Å²) in [6, 6.07) is 7.90. The highest BCUT2D eigenvalue weighted by Crippen LogP contribution is 2.20. The molecule has 0 fully saturated rings. The highest BCUT2D eigenvalue weighted by molar-refractivity contribution is 5.67. The van der Waals surface area contributed by atoms with E-state index in [9.17, 15) is 4.79 Å². The lowest BCUT2D eigenvalue weighted by Crippen LogP contribution is -2.27. The van der Waals surface area contributed by atoms with Crippen LogP contribution in [0.25, 0.3) is 0 Å². The first-order chi connectivity index (χ1) is 10.2. The Bertz CT molecular complexity index is 403. The Labute approximate surface area is 127 Å². The Kier molecular flexibility index (Phi) is 8.32. The molecule has 0 atom stereocenters. The van der Waals surface area contributed by atoms with Crippen LogP contribution in [0.2, 0.25) is 0 Å². The van der Waals surface area contributed by atoms with Gasteiger partial charge in [0.1, 0.15) is 5.75 Å². The topological polar surface area (TPSA) is 49.8 Å². The Morgan fingerprint density at radius 2 is 1.81 bits per heavy atom. The summed E-state index contributed by atoms with van der Waals surface area (Å²) in [5, 5.41) is 8.89. The first kappa shape index (κ1) is 17.3. The Balaban J connectivity index is 2.62. The third kappa shape index (κ3) is 7.02. The van der Waals surface area contributed by atoms with Crippen LogP contribution >= 0.6 is 0 Å². The molecular weight excluding hydrogens is 266 g/mol. The molecule has 0 saturated carbocycles. The average molecular weight is 293 g/mol. The van der Waals surface area contributed by atoms with Crippen molar-refractivity contribution < 1.29 is 14.6 Å². The van der Waals surface area contributed by atoms with Crippen molar-refractivity contribution in [2.24, 2.45) is 0 Å². The zero-order valence-corrected chi connectivity index (χ0v) is 13.2. The molecule has 0 radical (unpaired) electrons. The quantitative estimate of drug-likeness (QED) is 0.628. The lowest BCUT2D eigenvalue weighted by molar-refractivity contribution is -0.136. The Hall–Kier alpha value is -1.71. The van der Waals surface area contributed by atoms with Gasteiger partial charge in [-0.2, -0.15) is 0 Å². The van der Waals surface area contributed by atoms with Crippen LogP contribution in [-0.4, -0.2) is 30.8 Å². The second kappa shape index (κ2) is 10.1. The molecule has 4 heteroatoms. The first-order valence-electron chi connectivity index (χ1n) is 7.87. The van der Waals surface area contributed by atoms with Crippen molar-refractivity contribution >= 4 is 11.7 Å². The average Bonchev–Trinajstić information content (AvgIpc) is 2.48. The number of carboxylic acids is 1. The van der Waals surface area contributed by atoms with Gasteiger partial charge in [-0.15, -0.1) is 0 Å². The van der Waals surface area contributed by atoms with Crippen LogP contribution < -0.4 is 9.64 Å². The van der Waals surface area contributed by atoms with E-state index in [-0.39, 0.29) is 6.42 Å². The third-order valence-electron chi connectivity index (χ3n) is 3.39. The fourth-order valence-electron chi connectivity index (χ4n) is 2.25. The summed E-state index contributed by atoms with van der Waals surface area (Å²) in [7, 11) is 0. The summed E-state index contributed by atoms with van der Waals surface area (Å²) in [5.74, 6) is 0.102. The Morgan fingerprint density at radius 3 is 2.38 bits per heavy atom. The van der Waals surface area contributed by atoms with E-state index >= 15 is 0 Å². The van der Waals surface area contributed by atoms with E-state index in [4.69, 9.17) is 9.84 Å². The fraction of sp³-hybridized carbons (Fsp3) is 0.588. The molecular formula is C17H27NO3. The molecule has 0 unspecified atom stereocenters. The predicted molar refractivity (Wildman–Crippen MR) is 86.2 cm³/mol. The van der Waals surface area contributed by atoms with Gasteiger partial charge in [-0.3, -0.25) is 4.79 Å². The number of ether oxygens (including phenoxy) is 1. The summed E-state index contributed by atoms with van der Waals surface area (Å²) in [6.45, 7) is 6.26. The molecule has 0 spiro atoms. The van der Waals surface area contributed by atoms with Crippen LogP contribution in [0.3, 0.4) is 0 Å². The molecule has 0 aliphatic rings. The number of carbonyl (C=O) groups is 1. The molecule has 0 amide bonds. The largest absolute Gasteiger partial charge is 0.494 e. The lowest BCUT2D eigenvalue weighted by atomic mass is 10.2. The summed E-state index contributed by atoms with van der Waals surface area (Å²) >= 11 is 0. The molecule has 4 nitrogen and oxygen atoms in total. The van der Waals surface area contributed by atoms with Crippen LogP contribution in [0, 0.1) is 0 Å². The summed E-state index contributed by atoms with van der Waals surface area (Å²) in [4.78, 5) is 13.0. The molecule has 0 aliphatic carbocycles. The van der Waals surface area contributed by atoms with Gasteiger partial charge < -0.3 is 14.7 Å². The molecule has 0 aliphatic heterocycles. The maximum Gasteiger partial charge on any atom is 0.305 e. The number of carboxylic acid groups (broad SMARTS) is 1. The number of benzene rings is 1. The SMILES string of the molecule is CCCCCCN(CCC(=O)O)c1ccc(OCC)cc1. The van der Waals surface area contributed by atoms with Gasteiger partial charge in [0.25, 0.3) is 0 Å². The van der Waals surface area contributed by atoms with Crippen LogP contribution in [0.4, 0.5) is 5.69 Å². The molecule has 0 bridgehead atoms. The number of nitrogens with zero attached hydrogens (tertiary/aromatic N) is 1. The second-order valence-electron chi connectivity index (χ2n) is 5.12. The third-order valence-corrected chi connectivity index (χ3v) is 3.39. The van der Waals surface area contributed by atoms with Gasteiger partial charge in [0.15, 0.2) is 0 Å². The van der Waals surface area contributed by atoms with Gasteiger partial charge in [-0.05, 0) is 37.6 Å². The molecule has 21 heavy (non-hydrogen) atoms. The number of anilines is 1. The van der Waals surface area contributed by atoms with E-state index in [0.29, 0.717) is 13.2 Å². The van der Waals surface area contributed by atoms with Gasteiger partial charge in [0, 0.05) is 18.8 Å². The molecule has 0 saturated heterocycles.